The van der Waals surface area contributed by atoms with Gasteiger partial charge in [-0.15, -0.1) is 0 Å². The number of hydrogen-bond acceptors (Lipinski definition) is 2. The molecule has 1 aromatic heterocycles. The lowest BCUT2D eigenvalue weighted by molar-refractivity contribution is 0.582. The van der Waals surface area contributed by atoms with E-state index in [1.54, 1.807) is 0 Å². The molecule has 19 heavy (non-hydrogen) atoms. The van der Waals surface area contributed by atoms with Gasteiger partial charge in [-0.1, -0.05) is 38.0 Å². The molecule has 1 saturated carbocycles. The summed E-state index contributed by atoms with van der Waals surface area (Å²) in [5.74, 6) is 1.90. The molecule has 0 aliphatic heterocycles. The summed E-state index contributed by atoms with van der Waals surface area (Å²) in [7, 11) is 0. The van der Waals surface area contributed by atoms with Gasteiger partial charge < -0.3 is 5.32 Å². The molecule has 0 radical (unpaired) electrons. The highest BCUT2D eigenvalue weighted by molar-refractivity contribution is 5.42. The third-order valence-corrected chi connectivity index (χ3v) is 3.82. The molecule has 0 spiro atoms. The molecule has 3 heteroatoms. The quantitative estimate of drug-likeness (QED) is 0.849. The van der Waals surface area contributed by atoms with Crippen LogP contribution in [0.3, 0.4) is 0 Å². The number of nitrogens with zero attached hydrogens (tertiary/aromatic N) is 2. The molecule has 1 N–H and O–H groups in total. The fraction of sp³-hybridized carbons (Fsp3) is 0.438. The van der Waals surface area contributed by atoms with E-state index in [-0.39, 0.29) is 0 Å². The van der Waals surface area contributed by atoms with Crippen molar-refractivity contribution in [3.63, 3.8) is 0 Å². The maximum atomic E-state index is 4.46. The minimum absolute atomic E-state index is 0.539. The minimum Gasteiger partial charge on any atom is -0.353 e. The molecule has 1 aromatic carbocycles. The molecule has 0 saturated heterocycles. The number of nitrogens with one attached hydrogen (secondary N) is 1. The predicted molar refractivity (Wildman–Crippen MR) is 78.6 cm³/mol. The lowest BCUT2D eigenvalue weighted by Crippen LogP contribution is -2.21. The number of aromatic nitrogens is 2. The summed E-state index contributed by atoms with van der Waals surface area (Å²) in [5.41, 5.74) is 1.16. The van der Waals surface area contributed by atoms with Crippen LogP contribution in [0.15, 0.2) is 42.7 Å². The van der Waals surface area contributed by atoms with Crippen LogP contribution >= 0.6 is 0 Å². The van der Waals surface area contributed by atoms with Gasteiger partial charge in [-0.05, 0) is 30.9 Å². The van der Waals surface area contributed by atoms with Gasteiger partial charge in [-0.3, -0.25) is 4.57 Å². The van der Waals surface area contributed by atoms with Gasteiger partial charge in [0.1, 0.15) is 0 Å². The Morgan fingerprint density at radius 3 is 2.79 bits per heavy atom. The largest absolute Gasteiger partial charge is 0.353 e. The second kappa shape index (κ2) is 5.47. The molecular weight excluding hydrogens is 234 g/mol. The smallest absolute Gasteiger partial charge is 0.207 e. The van der Waals surface area contributed by atoms with Gasteiger partial charge >= 0.3 is 0 Å². The van der Waals surface area contributed by atoms with Gasteiger partial charge in [-0.2, -0.15) is 0 Å². The van der Waals surface area contributed by atoms with Crippen LogP contribution in [0.25, 0.3) is 5.69 Å². The Morgan fingerprint density at radius 1 is 1.32 bits per heavy atom. The standard InChI is InChI=1S/C16H21N3/c1-2-14(12-13-8-9-13)18-16-17-10-11-19(16)15-6-4-3-5-7-15/h3-7,10-11,13-14H,2,8-9,12H2,1H3,(H,17,18). The van der Waals surface area contributed by atoms with Crippen LogP contribution in [0.2, 0.25) is 0 Å². The van der Waals surface area contributed by atoms with Crippen molar-refractivity contribution >= 4 is 5.95 Å². The van der Waals surface area contributed by atoms with E-state index < -0.39 is 0 Å². The normalized spacial score (nSPS) is 16.3. The number of imidazole rings is 1. The maximum absolute atomic E-state index is 4.46. The predicted octanol–water partition coefficient (Wildman–Crippen LogP) is 3.86. The van der Waals surface area contributed by atoms with E-state index in [2.05, 4.69) is 46.1 Å². The van der Waals surface area contributed by atoms with Gasteiger partial charge in [0, 0.05) is 24.1 Å². The number of para-hydroxylation sites is 1. The highest BCUT2D eigenvalue weighted by Gasteiger charge is 2.25. The second-order valence-electron chi connectivity index (χ2n) is 5.38. The Labute approximate surface area is 114 Å². The molecular formula is C16H21N3. The maximum Gasteiger partial charge on any atom is 0.207 e. The van der Waals surface area contributed by atoms with E-state index >= 15 is 0 Å². The van der Waals surface area contributed by atoms with Crippen LogP contribution in [0, 0.1) is 5.92 Å². The first-order valence-electron chi connectivity index (χ1n) is 7.22. The fourth-order valence-corrected chi connectivity index (χ4v) is 2.47. The minimum atomic E-state index is 0.539. The van der Waals surface area contributed by atoms with E-state index in [9.17, 15) is 0 Å². The van der Waals surface area contributed by atoms with Gasteiger partial charge in [0.15, 0.2) is 0 Å². The van der Waals surface area contributed by atoms with Crippen LogP contribution in [-0.2, 0) is 0 Å². The average Bonchev–Trinajstić information content (AvgIpc) is 3.15. The Morgan fingerprint density at radius 2 is 2.11 bits per heavy atom. The molecule has 3 nitrogen and oxygen atoms in total. The first-order valence-corrected chi connectivity index (χ1v) is 7.22. The lowest BCUT2D eigenvalue weighted by atomic mass is 10.1. The molecule has 1 fully saturated rings. The molecule has 1 atom stereocenters. The number of anilines is 1. The zero-order valence-electron chi connectivity index (χ0n) is 11.4. The van der Waals surface area contributed by atoms with Gasteiger partial charge in [0.2, 0.25) is 5.95 Å². The van der Waals surface area contributed by atoms with E-state index in [0.29, 0.717) is 6.04 Å². The monoisotopic (exact) mass is 255 g/mol. The summed E-state index contributed by atoms with van der Waals surface area (Å²) < 4.78 is 2.12. The first kappa shape index (κ1) is 12.3. The molecule has 100 valence electrons. The van der Waals surface area contributed by atoms with E-state index in [1.807, 2.05) is 18.5 Å². The van der Waals surface area contributed by atoms with E-state index in [1.165, 1.54) is 19.3 Å². The zero-order valence-corrected chi connectivity index (χ0v) is 11.4. The van der Waals surface area contributed by atoms with Gasteiger partial charge in [0.05, 0.1) is 0 Å². The summed E-state index contributed by atoms with van der Waals surface area (Å²) in [4.78, 5) is 4.46. The fourth-order valence-electron chi connectivity index (χ4n) is 2.47. The Hall–Kier alpha value is -1.77. The van der Waals surface area contributed by atoms with E-state index in [0.717, 1.165) is 24.0 Å². The molecule has 3 rings (SSSR count). The Bertz CT molecular complexity index is 514. The van der Waals surface area contributed by atoms with Crippen molar-refractivity contribution in [2.24, 2.45) is 5.92 Å². The van der Waals surface area contributed by atoms with Gasteiger partial charge in [0.25, 0.3) is 0 Å². The zero-order chi connectivity index (χ0) is 13.1. The highest BCUT2D eigenvalue weighted by Crippen LogP contribution is 2.34. The molecule has 0 bridgehead atoms. The topological polar surface area (TPSA) is 29.9 Å². The summed E-state index contributed by atoms with van der Waals surface area (Å²) in [6.45, 7) is 2.25. The van der Waals surface area contributed by atoms with Crippen molar-refractivity contribution in [3.8, 4) is 5.69 Å². The lowest BCUT2D eigenvalue weighted by Gasteiger charge is -2.18. The molecule has 1 unspecified atom stereocenters. The van der Waals surface area contributed by atoms with Crippen molar-refractivity contribution < 1.29 is 0 Å². The van der Waals surface area contributed by atoms with Crippen LogP contribution in [0.1, 0.15) is 32.6 Å². The Kier molecular flexibility index (Phi) is 3.53. The highest BCUT2D eigenvalue weighted by atomic mass is 15.2. The molecule has 1 aliphatic carbocycles. The summed E-state index contributed by atoms with van der Waals surface area (Å²) in [5, 5.41) is 3.60. The molecule has 1 aliphatic rings. The summed E-state index contributed by atoms with van der Waals surface area (Å²) >= 11 is 0. The number of hydrogen-bond donors (Lipinski definition) is 1. The second-order valence-corrected chi connectivity index (χ2v) is 5.38. The third-order valence-electron chi connectivity index (χ3n) is 3.82. The van der Waals surface area contributed by atoms with Crippen LogP contribution in [0.5, 0.6) is 0 Å². The van der Waals surface area contributed by atoms with Crippen LogP contribution in [0.4, 0.5) is 5.95 Å². The first-order chi connectivity index (χ1) is 9.36. The van der Waals surface area contributed by atoms with Crippen molar-refractivity contribution in [2.75, 3.05) is 5.32 Å². The van der Waals surface area contributed by atoms with Gasteiger partial charge in [-0.25, -0.2) is 4.98 Å². The summed E-state index contributed by atoms with van der Waals surface area (Å²) in [6, 6.07) is 10.9. The van der Waals surface area contributed by atoms with Crippen molar-refractivity contribution in [1.82, 2.24) is 9.55 Å². The molecule has 2 aromatic rings. The number of benzene rings is 1. The van der Waals surface area contributed by atoms with Crippen LogP contribution in [-0.4, -0.2) is 15.6 Å². The van der Waals surface area contributed by atoms with E-state index in [4.69, 9.17) is 0 Å². The number of rotatable bonds is 6. The average molecular weight is 255 g/mol. The molecule has 1 heterocycles. The molecule has 0 amide bonds. The van der Waals surface area contributed by atoms with Crippen molar-refractivity contribution in [1.29, 1.82) is 0 Å². The van der Waals surface area contributed by atoms with Crippen molar-refractivity contribution in [3.05, 3.63) is 42.7 Å². The Balaban J connectivity index is 1.75. The third kappa shape index (κ3) is 2.98. The van der Waals surface area contributed by atoms with Crippen LogP contribution < -0.4 is 5.32 Å². The van der Waals surface area contributed by atoms with Crippen molar-refractivity contribution in [2.45, 2.75) is 38.6 Å². The summed E-state index contributed by atoms with van der Waals surface area (Å²) in [6.07, 6.45) is 9.12. The SMILES string of the molecule is CCC(CC1CC1)Nc1nccn1-c1ccccc1.